The Balaban J connectivity index is 1.42. The molecule has 0 unspecified atom stereocenters. The van der Waals surface area contributed by atoms with Crippen LogP contribution in [-0.4, -0.2) is 46.5 Å². The van der Waals surface area contributed by atoms with Gasteiger partial charge in [-0.15, -0.1) is 0 Å². The third-order valence-corrected chi connectivity index (χ3v) is 7.39. The summed E-state index contributed by atoms with van der Waals surface area (Å²) in [5.74, 6) is -0.0463. The first kappa shape index (κ1) is 24.1. The van der Waals surface area contributed by atoms with Gasteiger partial charge in [0.15, 0.2) is 0 Å². The van der Waals surface area contributed by atoms with Crippen LogP contribution < -0.4 is 4.74 Å². The monoisotopic (exact) mass is 568 g/mol. The summed E-state index contributed by atoms with van der Waals surface area (Å²) in [5, 5.41) is 0.644. The van der Waals surface area contributed by atoms with Gasteiger partial charge in [-0.25, -0.2) is 0 Å². The molecule has 2 aromatic rings. The fourth-order valence-corrected chi connectivity index (χ4v) is 5.32. The summed E-state index contributed by atoms with van der Waals surface area (Å²) in [6.07, 6.45) is 3.54. The van der Waals surface area contributed by atoms with E-state index < -0.39 is 11.1 Å². The molecule has 0 bridgehead atoms. The number of imide groups is 1. The molecule has 2 aromatic carbocycles. The number of hydrogen-bond donors (Lipinski definition) is 0. The highest BCUT2D eigenvalue weighted by Crippen LogP contribution is 2.34. The van der Waals surface area contributed by atoms with Crippen molar-refractivity contribution in [3.63, 3.8) is 0 Å². The van der Waals surface area contributed by atoms with Gasteiger partial charge >= 0.3 is 0 Å². The molecule has 33 heavy (non-hydrogen) atoms. The standard InChI is InChI=1S/C23H19BrCl2N2O4S/c24-17-9-14(3-6-19(17)32-13-15-4-5-16(25)11-18(15)26)10-20-22(30)28(23(31)33-20)12-21(29)27-7-1-2-8-27/h3-6,9-11H,1-2,7-8,12-13H2/b20-10-. The van der Waals surface area contributed by atoms with Gasteiger partial charge in [0.1, 0.15) is 18.9 Å². The largest absolute Gasteiger partial charge is 0.488 e. The Morgan fingerprint density at radius 3 is 2.58 bits per heavy atom. The zero-order chi connectivity index (χ0) is 23.5. The van der Waals surface area contributed by atoms with Crippen molar-refractivity contribution in [3.05, 3.63) is 66.9 Å². The highest BCUT2D eigenvalue weighted by atomic mass is 79.9. The van der Waals surface area contributed by atoms with Crippen molar-refractivity contribution in [2.45, 2.75) is 19.4 Å². The van der Waals surface area contributed by atoms with E-state index in [0.717, 1.165) is 40.6 Å². The van der Waals surface area contributed by atoms with E-state index in [1.807, 2.05) is 0 Å². The predicted molar refractivity (Wildman–Crippen MR) is 133 cm³/mol. The fourth-order valence-electron chi connectivity index (χ4n) is 3.51. The number of halogens is 3. The Labute approximate surface area is 214 Å². The summed E-state index contributed by atoms with van der Waals surface area (Å²) in [7, 11) is 0. The van der Waals surface area contributed by atoms with Crippen LogP contribution in [0.2, 0.25) is 10.0 Å². The molecule has 0 aliphatic carbocycles. The second-order valence-electron chi connectivity index (χ2n) is 7.57. The molecule has 2 fully saturated rings. The van der Waals surface area contributed by atoms with Gasteiger partial charge in [-0.1, -0.05) is 35.3 Å². The van der Waals surface area contributed by atoms with Crippen LogP contribution in [0.1, 0.15) is 24.0 Å². The van der Waals surface area contributed by atoms with Crippen LogP contribution in [0, 0.1) is 0 Å². The molecule has 10 heteroatoms. The van der Waals surface area contributed by atoms with Crippen molar-refractivity contribution in [2.75, 3.05) is 19.6 Å². The van der Waals surface area contributed by atoms with Crippen molar-refractivity contribution >= 4 is 74.0 Å². The van der Waals surface area contributed by atoms with Crippen LogP contribution in [-0.2, 0) is 16.2 Å². The minimum absolute atomic E-state index is 0.193. The molecule has 6 nitrogen and oxygen atoms in total. The van der Waals surface area contributed by atoms with Crippen LogP contribution in [0.4, 0.5) is 4.79 Å². The zero-order valence-electron chi connectivity index (χ0n) is 17.4. The Kier molecular flexibility index (Phi) is 7.69. The topological polar surface area (TPSA) is 66.9 Å². The average Bonchev–Trinajstić information content (AvgIpc) is 3.39. The number of likely N-dealkylation sites (tertiary alicyclic amines) is 1. The SMILES string of the molecule is O=C(CN1C(=O)S/C(=C\c2ccc(OCc3ccc(Cl)cc3Cl)c(Br)c2)C1=O)N1CCCC1. The summed E-state index contributed by atoms with van der Waals surface area (Å²) in [4.78, 5) is 40.4. The molecule has 4 rings (SSSR count). The molecule has 0 radical (unpaired) electrons. The first-order valence-corrected chi connectivity index (χ1v) is 12.6. The summed E-state index contributed by atoms with van der Waals surface area (Å²) in [6, 6.07) is 10.6. The fraction of sp³-hybridized carbons (Fsp3) is 0.261. The van der Waals surface area contributed by atoms with Crippen LogP contribution >= 0.6 is 50.9 Å². The molecule has 0 saturated carbocycles. The van der Waals surface area contributed by atoms with E-state index in [1.165, 1.54) is 0 Å². The molecule has 2 aliphatic heterocycles. The lowest BCUT2D eigenvalue weighted by molar-refractivity contribution is -0.135. The van der Waals surface area contributed by atoms with Crippen LogP contribution in [0.3, 0.4) is 0 Å². The number of rotatable bonds is 6. The van der Waals surface area contributed by atoms with Crippen molar-refractivity contribution in [2.24, 2.45) is 0 Å². The van der Waals surface area contributed by atoms with Gasteiger partial charge in [0.25, 0.3) is 11.1 Å². The number of hydrogen-bond acceptors (Lipinski definition) is 5. The molecule has 172 valence electrons. The first-order valence-electron chi connectivity index (χ1n) is 10.2. The number of nitrogens with zero attached hydrogens (tertiary/aromatic N) is 2. The Bertz CT molecular complexity index is 1150. The van der Waals surface area contributed by atoms with E-state index in [2.05, 4.69) is 15.9 Å². The smallest absolute Gasteiger partial charge is 0.294 e. The van der Waals surface area contributed by atoms with Crippen LogP contribution in [0.5, 0.6) is 5.75 Å². The van der Waals surface area contributed by atoms with E-state index in [4.69, 9.17) is 27.9 Å². The van der Waals surface area contributed by atoms with Gasteiger partial charge in [0.05, 0.1) is 9.38 Å². The van der Waals surface area contributed by atoms with Crippen molar-refractivity contribution in [1.82, 2.24) is 9.80 Å². The van der Waals surface area contributed by atoms with Crippen LogP contribution in [0.25, 0.3) is 6.08 Å². The van der Waals surface area contributed by atoms with Crippen LogP contribution in [0.15, 0.2) is 45.8 Å². The number of amides is 3. The first-order chi connectivity index (χ1) is 15.8. The predicted octanol–water partition coefficient (Wildman–Crippen LogP) is 5.99. The normalized spacial score (nSPS) is 17.4. The molecule has 0 N–H and O–H groups in total. The number of benzene rings is 2. The highest BCUT2D eigenvalue weighted by Gasteiger charge is 2.37. The van der Waals surface area contributed by atoms with E-state index in [9.17, 15) is 14.4 Å². The average molecular weight is 570 g/mol. The van der Waals surface area contributed by atoms with Crippen molar-refractivity contribution in [1.29, 1.82) is 0 Å². The number of carbonyl (C=O) groups excluding carboxylic acids is 3. The maximum Gasteiger partial charge on any atom is 0.294 e. The maximum absolute atomic E-state index is 12.7. The molecule has 0 atom stereocenters. The van der Waals surface area contributed by atoms with Gasteiger partial charge in [0, 0.05) is 28.7 Å². The lowest BCUT2D eigenvalue weighted by Gasteiger charge is -2.18. The molecule has 2 heterocycles. The molecule has 3 amide bonds. The molecule has 2 aliphatic rings. The van der Waals surface area contributed by atoms with Gasteiger partial charge in [-0.05, 0) is 76.4 Å². The summed E-state index contributed by atoms with van der Waals surface area (Å²) in [6.45, 7) is 1.40. The number of thioether (sulfide) groups is 1. The number of ether oxygens (including phenoxy) is 1. The van der Waals surface area contributed by atoms with E-state index in [0.29, 0.717) is 33.4 Å². The molecular formula is C23H19BrCl2N2O4S. The van der Waals surface area contributed by atoms with Gasteiger partial charge in [-0.2, -0.15) is 0 Å². The van der Waals surface area contributed by atoms with Crippen molar-refractivity contribution < 1.29 is 19.1 Å². The molecule has 2 saturated heterocycles. The van der Waals surface area contributed by atoms with Gasteiger partial charge in [-0.3, -0.25) is 19.3 Å². The van der Waals surface area contributed by atoms with Crippen molar-refractivity contribution in [3.8, 4) is 5.75 Å². The van der Waals surface area contributed by atoms with Gasteiger partial charge in [0.2, 0.25) is 5.91 Å². The quantitative estimate of drug-likeness (QED) is 0.399. The minimum Gasteiger partial charge on any atom is -0.488 e. The Morgan fingerprint density at radius 2 is 1.88 bits per heavy atom. The third kappa shape index (κ3) is 5.74. The summed E-state index contributed by atoms with van der Waals surface area (Å²) < 4.78 is 6.53. The molecule has 0 spiro atoms. The highest BCUT2D eigenvalue weighted by molar-refractivity contribution is 9.10. The molecular weight excluding hydrogens is 551 g/mol. The van der Waals surface area contributed by atoms with E-state index >= 15 is 0 Å². The van der Waals surface area contributed by atoms with Gasteiger partial charge < -0.3 is 9.64 Å². The van der Waals surface area contributed by atoms with E-state index in [-0.39, 0.29) is 24.0 Å². The second kappa shape index (κ2) is 10.5. The van der Waals surface area contributed by atoms with E-state index in [1.54, 1.807) is 47.4 Å². The Hall–Kier alpha value is -2.00. The maximum atomic E-state index is 12.7. The zero-order valence-corrected chi connectivity index (χ0v) is 21.3. The third-order valence-electron chi connectivity index (χ3n) is 5.28. The summed E-state index contributed by atoms with van der Waals surface area (Å²) >= 11 is 16.4. The molecule has 0 aromatic heterocycles. The number of carbonyl (C=O) groups is 3. The minimum atomic E-state index is -0.452. The lowest BCUT2D eigenvalue weighted by atomic mass is 10.2. The summed E-state index contributed by atoms with van der Waals surface area (Å²) in [5.41, 5.74) is 1.52. The Morgan fingerprint density at radius 1 is 1.12 bits per heavy atom. The lowest BCUT2D eigenvalue weighted by Crippen LogP contribution is -2.40. The second-order valence-corrected chi connectivity index (χ2v) is 10.3.